The molecule has 26 heavy (non-hydrogen) atoms. The summed E-state index contributed by atoms with van der Waals surface area (Å²) in [5.74, 6) is -0.0626. The number of carbonyl (C=O) groups excluding carboxylic acids is 1. The van der Waals surface area contributed by atoms with E-state index in [-0.39, 0.29) is 5.97 Å². The summed E-state index contributed by atoms with van der Waals surface area (Å²) in [5.41, 5.74) is 1.16. The maximum atomic E-state index is 13.4. The van der Waals surface area contributed by atoms with Crippen molar-refractivity contribution in [3.63, 3.8) is 0 Å². The molecule has 0 aliphatic heterocycles. The molecule has 0 aliphatic carbocycles. The molecule has 0 saturated heterocycles. The first-order valence-electron chi connectivity index (χ1n) is 9.48. The number of rotatable bonds is 9. The Morgan fingerprint density at radius 3 is 1.92 bits per heavy atom. The molecule has 0 amide bonds. The Morgan fingerprint density at radius 1 is 0.923 bits per heavy atom. The maximum absolute atomic E-state index is 13.4. The molecule has 2 rings (SSSR count). The second kappa shape index (κ2) is 9.42. The summed E-state index contributed by atoms with van der Waals surface area (Å²) in [4.78, 5) is 14.5. The fraction of sp³-hybridized carbons (Fsp3) is 0.409. The average molecular weight is 387 g/mol. The van der Waals surface area contributed by atoms with Crippen molar-refractivity contribution in [3.05, 3.63) is 66.2 Å². The molecule has 2 aromatic rings. The Bertz CT molecular complexity index is 634. The van der Waals surface area contributed by atoms with Crippen LogP contribution in [0.4, 0.5) is 0 Å². The van der Waals surface area contributed by atoms with Crippen molar-refractivity contribution in [1.29, 1.82) is 0 Å². The Morgan fingerprint density at radius 2 is 1.42 bits per heavy atom. The predicted molar refractivity (Wildman–Crippen MR) is 114 cm³/mol. The third-order valence-corrected chi connectivity index (χ3v) is 10.9. The van der Waals surface area contributed by atoms with Crippen molar-refractivity contribution in [2.45, 2.75) is 61.9 Å². The van der Waals surface area contributed by atoms with Crippen LogP contribution in [-0.2, 0) is 15.6 Å². The Labute approximate surface area is 163 Å². The first-order chi connectivity index (χ1) is 12.5. The summed E-state index contributed by atoms with van der Waals surface area (Å²) in [6.07, 6.45) is 0.661. The lowest BCUT2D eigenvalue weighted by Crippen LogP contribution is -2.46. The summed E-state index contributed by atoms with van der Waals surface area (Å²) in [7, 11) is -1.99. The van der Waals surface area contributed by atoms with E-state index in [1.165, 1.54) is 0 Å². The van der Waals surface area contributed by atoms with E-state index >= 15 is 0 Å². The fourth-order valence-electron chi connectivity index (χ4n) is 3.16. The van der Waals surface area contributed by atoms with Gasteiger partial charge in [0.25, 0.3) is 8.32 Å². The second-order valence-electron chi connectivity index (χ2n) is 6.94. The zero-order valence-corrected chi connectivity index (χ0v) is 18.1. The molecule has 0 spiro atoms. The minimum atomic E-state index is -1.99. The van der Waals surface area contributed by atoms with Crippen LogP contribution in [0, 0.1) is 0 Å². The second-order valence-corrected chi connectivity index (χ2v) is 13.2. The quantitative estimate of drug-likeness (QED) is 0.372. The average Bonchev–Trinajstić information content (AvgIpc) is 2.67. The maximum Gasteiger partial charge on any atom is 0.309 e. The van der Waals surface area contributed by atoms with Crippen LogP contribution < -0.4 is 0 Å². The van der Waals surface area contributed by atoms with Gasteiger partial charge in [0.1, 0.15) is 4.75 Å². The third kappa shape index (κ3) is 5.24. The zero-order chi connectivity index (χ0) is 19.0. The van der Waals surface area contributed by atoms with Gasteiger partial charge in [0.05, 0.1) is 0 Å². The van der Waals surface area contributed by atoms with E-state index in [2.05, 4.69) is 45.0 Å². The molecule has 2 aromatic carbocycles. The highest BCUT2D eigenvalue weighted by atomic mass is 32.2. The van der Waals surface area contributed by atoms with Gasteiger partial charge >= 0.3 is 5.97 Å². The predicted octanol–water partition coefficient (Wildman–Crippen LogP) is 6.33. The zero-order valence-electron chi connectivity index (χ0n) is 16.3. The molecule has 0 aliphatic rings. The highest BCUT2D eigenvalue weighted by Gasteiger charge is 2.42. The van der Waals surface area contributed by atoms with Crippen LogP contribution in [0.2, 0.25) is 18.1 Å². The van der Waals surface area contributed by atoms with Crippen molar-refractivity contribution in [3.8, 4) is 0 Å². The topological polar surface area (TPSA) is 26.3 Å². The number of benzene rings is 2. The minimum absolute atomic E-state index is 0.0626. The van der Waals surface area contributed by atoms with Crippen LogP contribution in [-0.4, -0.2) is 19.0 Å². The number of carbonyl (C=O) groups is 1. The van der Waals surface area contributed by atoms with E-state index in [1.807, 2.05) is 43.3 Å². The normalized spacial score (nSPS) is 13.8. The molecule has 0 N–H and O–H groups in total. The van der Waals surface area contributed by atoms with Crippen LogP contribution in [0.3, 0.4) is 0 Å². The van der Waals surface area contributed by atoms with Gasteiger partial charge in [0, 0.05) is 4.90 Å². The van der Waals surface area contributed by atoms with Crippen molar-refractivity contribution in [1.82, 2.24) is 0 Å². The molecule has 0 heterocycles. The fourth-order valence-corrected chi connectivity index (χ4v) is 6.96. The minimum Gasteiger partial charge on any atom is -0.518 e. The molecule has 0 bridgehead atoms. The first-order valence-corrected chi connectivity index (χ1v) is 12.8. The molecule has 2 nitrogen and oxygen atoms in total. The molecule has 1 atom stereocenters. The van der Waals surface area contributed by atoms with Crippen LogP contribution in [0.1, 0.15) is 33.3 Å². The van der Waals surface area contributed by atoms with E-state index in [0.717, 1.165) is 28.6 Å². The number of hydrogen-bond donors (Lipinski definition) is 0. The van der Waals surface area contributed by atoms with Crippen LogP contribution in [0.15, 0.2) is 65.6 Å². The van der Waals surface area contributed by atoms with E-state index in [4.69, 9.17) is 4.43 Å². The van der Waals surface area contributed by atoms with E-state index < -0.39 is 13.1 Å². The summed E-state index contributed by atoms with van der Waals surface area (Å²) in [5, 5.41) is 0. The van der Waals surface area contributed by atoms with E-state index in [0.29, 0.717) is 6.42 Å². The molecule has 0 aromatic heterocycles. The molecular weight excluding hydrogens is 356 g/mol. The molecule has 0 radical (unpaired) electrons. The van der Waals surface area contributed by atoms with Crippen LogP contribution in [0.25, 0.3) is 0 Å². The van der Waals surface area contributed by atoms with Gasteiger partial charge in [-0.1, -0.05) is 69.3 Å². The molecule has 0 fully saturated rings. The van der Waals surface area contributed by atoms with Crippen molar-refractivity contribution in [2.75, 3.05) is 0 Å². The largest absolute Gasteiger partial charge is 0.518 e. The van der Waals surface area contributed by atoms with Crippen LogP contribution in [0.5, 0.6) is 0 Å². The van der Waals surface area contributed by atoms with Crippen molar-refractivity contribution < 1.29 is 9.22 Å². The van der Waals surface area contributed by atoms with Crippen molar-refractivity contribution in [2.24, 2.45) is 0 Å². The summed E-state index contributed by atoms with van der Waals surface area (Å²) >= 11 is 1.61. The smallest absolute Gasteiger partial charge is 0.309 e. The van der Waals surface area contributed by atoms with E-state index in [1.54, 1.807) is 11.8 Å². The lowest BCUT2D eigenvalue weighted by atomic mass is 10.0. The number of thioether (sulfide) groups is 1. The highest BCUT2D eigenvalue weighted by Crippen LogP contribution is 2.38. The number of hydrogen-bond acceptors (Lipinski definition) is 3. The lowest BCUT2D eigenvalue weighted by molar-refractivity contribution is -0.137. The molecule has 4 heteroatoms. The van der Waals surface area contributed by atoms with Crippen molar-refractivity contribution >= 4 is 26.0 Å². The Hall–Kier alpha value is -1.52. The molecule has 0 saturated carbocycles. The van der Waals surface area contributed by atoms with Gasteiger partial charge in [-0.15, -0.1) is 11.8 Å². The highest BCUT2D eigenvalue weighted by molar-refractivity contribution is 8.01. The van der Waals surface area contributed by atoms with E-state index in [9.17, 15) is 4.79 Å². The van der Waals surface area contributed by atoms with Gasteiger partial charge in [0.2, 0.25) is 0 Å². The standard InChI is InChI=1S/C22H30O2SSi/c1-5-26(6-2,7-3)24-21(23)22(4,18-19-14-10-8-11-15-19)25-20-16-12-9-13-17-20/h8-17H,5-7,18H2,1-4H3. The molecule has 140 valence electrons. The Balaban J connectivity index is 2.31. The van der Waals surface area contributed by atoms with Gasteiger partial charge in [-0.05, 0) is 49.2 Å². The molecular formula is C22H30O2SSi. The molecule has 1 unspecified atom stereocenters. The first kappa shape index (κ1) is 20.8. The monoisotopic (exact) mass is 386 g/mol. The summed E-state index contributed by atoms with van der Waals surface area (Å²) < 4.78 is 5.64. The van der Waals surface area contributed by atoms with Gasteiger partial charge < -0.3 is 4.43 Å². The van der Waals surface area contributed by atoms with Gasteiger partial charge in [0.15, 0.2) is 0 Å². The Kier molecular flexibility index (Phi) is 7.53. The van der Waals surface area contributed by atoms with Gasteiger partial charge in [-0.2, -0.15) is 0 Å². The van der Waals surface area contributed by atoms with Crippen LogP contribution >= 0.6 is 11.8 Å². The third-order valence-electron chi connectivity index (χ3n) is 5.14. The SMILES string of the molecule is CC[Si](CC)(CC)OC(=O)C(C)(Cc1ccccc1)Sc1ccccc1. The van der Waals surface area contributed by atoms with Gasteiger partial charge in [-0.3, -0.25) is 4.79 Å². The lowest BCUT2D eigenvalue weighted by Gasteiger charge is -2.34. The summed E-state index contributed by atoms with van der Waals surface area (Å²) in [6.45, 7) is 8.50. The summed E-state index contributed by atoms with van der Waals surface area (Å²) in [6, 6.07) is 23.3. The van der Waals surface area contributed by atoms with Gasteiger partial charge in [-0.25, -0.2) is 0 Å².